The summed E-state index contributed by atoms with van der Waals surface area (Å²) in [6.07, 6.45) is 7.96. The van der Waals surface area contributed by atoms with Crippen molar-refractivity contribution in [1.82, 2.24) is 15.0 Å². The summed E-state index contributed by atoms with van der Waals surface area (Å²) in [6.45, 7) is 5.93. The van der Waals surface area contributed by atoms with Gasteiger partial charge >= 0.3 is 0 Å². The number of nitrogens with two attached hydrogens (primary N) is 1. The van der Waals surface area contributed by atoms with Crippen LogP contribution in [-0.4, -0.2) is 20.9 Å². The van der Waals surface area contributed by atoms with Crippen LogP contribution in [0.5, 0.6) is 0 Å². The lowest BCUT2D eigenvalue weighted by molar-refractivity contribution is -0.117. The molecule has 7 nitrogen and oxygen atoms in total. The first kappa shape index (κ1) is 18.6. The second-order valence-corrected chi connectivity index (χ2v) is 7.22. The molecule has 4 rings (SSSR count). The molecule has 2 unspecified atom stereocenters. The molecule has 3 N–H and O–H groups in total. The van der Waals surface area contributed by atoms with Crippen LogP contribution in [0.2, 0.25) is 0 Å². The molecule has 0 radical (unpaired) electrons. The molecular formula is C22H20N6O. The summed E-state index contributed by atoms with van der Waals surface area (Å²) in [4.78, 5) is 25.5. The molecule has 29 heavy (non-hydrogen) atoms. The molecule has 3 aromatic heterocycles. The first-order valence-electron chi connectivity index (χ1n) is 9.34. The molecule has 0 aliphatic heterocycles. The van der Waals surface area contributed by atoms with Crippen molar-refractivity contribution in [3.05, 3.63) is 48.4 Å². The number of hydrogen-bond donors (Lipinski definition) is 2. The summed E-state index contributed by atoms with van der Waals surface area (Å²) >= 11 is 0. The summed E-state index contributed by atoms with van der Waals surface area (Å²) in [5, 5.41) is 13.1. The third kappa shape index (κ3) is 3.41. The Bertz CT molecular complexity index is 1180. The second kappa shape index (κ2) is 7.32. The minimum absolute atomic E-state index is 0.109. The fourth-order valence-electron chi connectivity index (χ4n) is 3.57. The highest BCUT2D eigenvalue weighted by molar-refractivity contribution is 6.03. The highest BCUT2D eigenvalue weighted by Crippen LogP contribution is 2.42. The first-order valence-corrected chi connectivity index (χ1v) is 9.34. The highest BCUT2D eigenvalue weighted by atomic mass is 16.2. The molecule has 1 aliphatic carbocycles. The maximum Gasteiger partial charge on any atom is 0.228 e. The summed E-state index contributed by atoms with van der Waals surface area (Å²) in [7, 11) is 0. The van der Waals surface area contributed by atoms with E-state index < -0.39 is 0 Å². The molecule has 3 heterocycles. The van der Waals surface area contributed by atoms with Crippen molar-refractivity contribution < 1.29 is 4.79 Å². The molecule has 3 aromatic rings. The van der Waals surface area contributed by atoms with Gasteiger partial charge in [0.1, 0.15) is 11.6 Å². The summed E-state index contributed by atoms with van der Waals surface area (Å²) in [6, 6.07) is 5.82. The number of nitrogens with zero attached hydrogens (tertiary/aromatic N) is 4. The highest BCUT2D eigenvalue weighted by Gasteiger charge is 2.42. The van der Waals surface area contributed by atoms with Crippen LogP contribution in [0, 0.1) is 30.1 Å². The van der Waals surface area contributed by atoms with E-state index in [1.54, 1.807) is 30.7 Å². The van der Waals surface area contributed by atoms with Crippen molar-refractivity contribution in [2.45, 2.75) is 19.8 Å². The fraction of sp³-hybridized carbons (Fsp3) is 0.227. The van der Waals surface area contributed by atoms with E-state index in [4.69, 9.17) is 11.0 Å². The van der Waals surface area contributed by atoms with Gasteiger partial charge in [-0.2, -0.15) is 5.26 Å². The zero-order valence-corrected chi connectivity index (χ0v) is 16.0. The number of nitriles is 1. The van der Waals surface area contributed by atoms with Gasteiger partial charge in [-0.15, -0.1) is 0 Å². The lowest BCUT2D eigenvalue weighted by Gasteiger charge is -2.14. The quantitative estimate of drug-likeness (QED) is 0.692. The van der Waals surface area contributed by atoms with Gasteiger partial charge in [0.05, 0.1) is 11.8 Å². The van der Waals surface area contributed by atoms with Gasteiger partial charge in [0, 0.05) is 47.4 Å². The Morgan fingerprint density at radius 1 is 1.45 bits per heavy atom. The number of carbonyl (C=O) groups excluding carboxylic acids is 1. The average molecular weight is 384 g/mol. The molecule has 0 bridgehead atoms. The molecule has 1 fully saturated rings. The molecule has 7 heteroatoms. The van der Waals surface area contributed by atoms with Crippen LogP contribution in [-0.2, 0) is 4.79 Å². The molecule has 1 amide bonds. The Labute approximate surface area is 168 Å². The number of anilines is 2. The van der Waals surface area contributed by atoms with Crippen LogP contribution in [0.3, 0.4) is 0 Å². The van der Waals surface area contributed by atoms with Crippen LogP contribution in [0.4, 0.5) is 11.6 Å². The topological polar surface area (TPSA) is 118 Å². The number of nitrogens with one attached hydrogen (secondary N) is 1. The number of rotatable bonds is 5. The number of hydrogen-bond acceptors (Lipinski definition) is 6. The van der Waals surface area contributed by atoms with E-state index in [0.717, 1.165) is 28.5 Å². The predicted molar refractivity (Wildman–Crippen MR) is 112 cm³/mol. The number of fused-ring (bicyclic) bond motifs is 1. The van der Waals surface area contributed by atoms with Gasteiger partial charge < -0.3 is 11.1 Å². The first-order chi connectivity index (χ1) is 14.0. The Morgan fingerprint density at radius 3 is 3.00 bits per heavy atom. The van der Waals surface area contributed by atoms with Crippen molar-refractivity contribution in [3.8, 4) is 17.3 Å². The van der Waals surface area contributed by atoms with Gasteiger partial charge in [-0.25, -0.2) is 9.97 Å². The third-order valence-corrected chi connectivity index (χ3v) is 5.32. The minimum Gasteiger partial charge on any atom is -0.383 e. The van der Waals surface area contributed by atoms with E-state index in [-0.39, 0.29) is 17.7 Å². The van der Waals surface area contributed by atoms with Gasteiger partial charge in [0.2, 0.25) is 5.91 Å². The van der Waals surface area contributed by atoms with Crippen LogP contribution in [0.25, 0.3) is 28.1 Å². The van der Waals surface area contributed by atoms with Gasteiger partial charge in [-0.05, 0) is 42.3 Å². The second-order valence-electron chi connectivity index (χ2n) is 7.22. The fourth-order valence-corrected chi connectivity index (χ4v) is 3.57. The van der Waals surface area contributed by atoms with Crippen LogP contribution >= 0.6 is 0 Å². The Morgan fingerprint density at radius 2 is 2.28 bits per heavy atom. The van der Waals surface area contributed by atoms with Crippen molar-refractivity contribution in [3.63, 3.8) is 0 Å². The largest absolute Gasteiger partial charge is 0.383 e. The van der Waals surface area contributed by atoms with Gasteiger partial charge in [-0.1, -0.05) is 12.7 Å². The Kier molecular flexibility index (Phi) is 4.69. The SMILES string of the molecule is C=Cc1c(-c2cnccc2C)nc(N)c2cnc(NC(=O)C3CC3CC#N)cc12. The Balaban J connectivity index is 1.76. The molecule has 0 saturated heterocycles. The number of aryl methyl sites for hydroxylation is 1. The van der Waals surface area contributed by atoms with E-state index in [0.29, 0.717) is 29.1 Å². The van der Waals surface area contributed by atoms with E-state index in [1.165, 1.54) is 0 Å². The minimum atomic E-state index is -0.123. The van der Waals surface area contributed by atoms with Crippen LogP contribution < -0.4 is 11.1 Å². The summed E-state index contributed by atoms with van der Waals surface area (Å²) in [5.74, 6) is 0.701. The number of nitrogen functional groups attached to an aromatic ring is 1. The molecule has 144 valence electrons. The smallest absolute Gasteiger partial charge is 0.228 e. The van der Waals surface area contributed by atoms with E-state index in [9.17, 15) is 4.79 Å². The number of carbonyl (C=O) groups is 1. The lowest BCUT2D eigenvalue weighted by Crippen LogP contribution is -2.15. The molecule has 1 saturated carbocycles. The Hall–Kier alpha value is -3.79. The lowest BCUT2D eigenvalue weighted by atomic mass is 9.98. The average Bonchev–Trinajstić information content (AvgIpc) is 3.48. The molecule has 2 atom stereocenters. The van der Waals surface area contributed by atoms with Crippen molar-refractivity contribution in [2.24, 2.45) is 11.8 Å². The van der Waals surface area contributed by atoms with Crippen LogP contribution in [0.15, 0.2) is 37.3 Å². The molecular weight excluding hydrogens is 364 g/mol. The molecule has 1 aliphatic rings. The van der Waals surface area contributed by atoms with Gasteiger partial charge in [-0.3, -0.25) is 9.78 Å². The van der Waals surface area contributed by atoms with Gasteiger partial charge in [0.25, 0.3) is 0 Å². The number of aromatic nitrogens is 3. The monoisotopic (exact) mass is 384 g/mol. The number of amides is 1. The predicted octanol–water partition coefficient (Wildman–Crippen LogP) is 3.71. The molecule has 0 spiro atoms. The third-order valence-electron chi connectivity index (χ3n) is 5.32. The van der Waals surface area contributed by atoms with Gasteiger partial charge in [0.15, 0.2) is 0 Å². The van der Waals surface area contributed by atoms with Crippen LogP contribution in [0.1, 0.15) is 24.0 Å². The van der Waals surface area contributed by atoms with Crippen molar-refractivity contribution in [1.29, 1.82) is 5.26 Å². The number of pyridine rings is 3. The summed E-state index contributed by atoms with van der Waals surface area (Å²) < 4.78 is 0. The van der Waals surface area contributed by atoms with E-state index in [1.807, 2.05) is 13.0 Å². The maximum atomic E-state index is 12.4. The van der Waals surface area contributed by atoms with E-state index >= 15 is 0 Å². The maximum absolute atomic E-state index is 12.4. The zero-order valence-electron chi connectivity index (χ0n) is 16.0. The van der Waals surface area contributed by atoms with Crippen molar-refractivity contribution >= 4 is 34.4 Å². The molecule has 0 aromatic carbocycles. The standard InChI is InChI=1S/C22H20N6O/c1-3-14-16-9-19(27-22(29)15-8-13(15)4-6-23)26-11-18(16)21(24)28-20(14)17-10-25-7-5-12(17)2/h3,5,7,9-11,13,15H,1,4,8H2,2H3,(H2,24,28)(H,26,27,29). The zero-order chi connectivity index (χ0) is 20.5. The normalized spacial score (nSPS) is 17.5. The summed E-state index contributed by atoms with van der Waals surface area (Å²) in [5.41, 5.74) is 9.59. The van der Waals surface area contributed by atoms with E-state index in [2.05, 4.69) is 32.9 Å². The van der Waals surface area contributed by atoms with Crippen molar-refractivity contribution in [2.75, 3.05) is 11.1 Å².